The van der Waals surface area contributed by atoms with E-state index >= 15 is 0 Å². The second kappa shape index (κ2) is 12.2. The Morgan fingerprint density at radius 1 is 1.29 bits per heavy atom. The van der Waals surface area contributed by atoms with Gasteiger partial charge in [-0.25, -0.2) is 18.6 Å². The van der Waals surface area contributed by atoms with Crippen molar-refractivity contribution >= 4 is 50.4 Å². The first-order valence-corrected chi connectivity index (χ1v) is 12.6. The first-order chi connectivity index (χ1) is 16.3. The van der Waals surface area contributed by atoms with E-state index in [1.54, 1.807) is 6.92 Å². The summed E-state index contributed by atoms with van der Waals surface area (Å²) in [6, 6.07) is 2.67. The van der Waals surface area contributed by atoms with E-state index in [2.05, 4.69) is 10.3 Å². The fraction of sp³-hybridized carbons (Fsp3) is 0.476. The van der Waals surface area contributed by atoms with Gasteiger partial charge in [-0.3, -0.25) is 23.5 Å². The van der Waals surface area contributed by atoms with Crippen LogP contribution in [0.2, 0.25) is 0 Å². The normalized spacial score (nSPS) is 14.6. The van der Waals surface area contributed by atoms with Gasteiger partial charge in [0.2, 0.25) is 0 Å². The van der Waals surface area contributed by atoms with Crippen molar-refractivity contribution in [2.75, 3.05) is 34.2 Å². The van der Waals surface area contributed by atoms with E-state index in [1.165, 1.54) is 17.2 Å². The average Bonchev–Trinajstić information content (AvgIpc) is 3.46. The van der Waals surface area contributed by atoms with Gasteiger partial charge < -0.3 is 9.29 Å². The number of rotatable bonds is 10. The Morgan fingerprint density at radius 3 is 2.68 bits per heavy atom. The third kappa shape index (κ3) is 6.93. The highest BCUT2D eigenvalue weighted by molar-refractivity contribution is 7.81. The highest BCUT2D eigenvalue weighted by atomic mass is 32.2. The molecule has 1 aliphatic carbocycles. The largest absolute Gasteiger partial charge is 0.755 e. The lowest BCUT2D eigenvalue weighted by molar-refractivity contribution is -0.142. The minimum atomic E-state index is -2.68. The second-order valence-electron chi connectivity index (χ2n) is 7.67. The van der Waals surface area contributed by atoms with Gasteiger partial charge in [0.15, 0.2) is 16.8 Å². The molecule has 9 nitrogen and oxygen atoms in total. The number of hydrogen-bond acceptors (Lipinski definition) is 7. The third-order valence-corrected chi connectivity index (χ3v) is 7.12. The molecule has 0 saturated heterocycles. The summed E-state index contributed by atoms with van der Waals surface area (Å²) in [7, 11) is 0. The van der Waals surface area contributed by atoms with E-state index in [4.69, 9.17) is 4.74 Å². The number of aromatic nitrogens is 1. The Bertz CT molecular complexity index is 1030. The molecule has 1 heterocycles. The molecule has 1 N–H and O–H groups in total. The Balaban J connectivity index is 1.74. The molecule has 1 aliphatic rings. The van der Waals surface area contributed by atoms with E-state index < -0.39 is 34.9 Å². The Morgan fingerprint density at radius 2 is 2.03 bits per heavy atom. The standard InChI is InChI=1S/C21H26F2N4O5S2/c1-2-32-19(28)9-10-27(34(30)31)18-12-24-20(33-18)25-21(29)26(13-14-5-3-4-6-14)15-7-8-16(22)17(23)11-15/h7-8,11-12,14H,2-6,9-10,13H2,1H3,(H,30,31)(H,24,25,29)/p-1. The van der Waals surface area contributed by atoms with Gasteiger partial charge in [0, 0.05) is 36.1 Å². The molecular weight excluding hydrogens is 490 g/mol. The number of esters is 1. The number of nitrogens with zero attached hydrogens (tertiary/aromatic N) is 3. The second-order valence-corrected chi connectivity index (χ2v) is 9.55. The van der Waals surface area contributed by atoms with Crippen LogP contribution in [0.3, 0.4) is 0 Å². The minimum Gasteiger partial charge on any atom is -0.755 e. The van der Waals surface area contributed by atoms with E-state index in [0.29, 0.717) is 6.54 Å². The predicted octanol–water partition coefficient (Wildman–Crippen LogP) is 4.20. The van der Waals surface area contributed by atoms with E-state index in [-0.39, 0.29) is 41.3 Å². The van der Waals surface area contributed by atoms with Gasteiger partial charge in [0.1, 0.15) is 5.00 Å². The van der Waals surface area contributed by atoms with Crippen LogP contribution in [0, 0.1) is 17.6 Å². The van der Waals surface area contributed by atoms with Crippen molar-refractivity contribution in [3.63, 3.8) is 0 Å². The fourth-order valence-electron chi connectivity index (χ4n) is 3.69. The number of carbonyl (C=O) groups excluding carboxylic acids is 2. The monoisotopic (exact) mass is 515 g/mol. The maximum atomic E-state index is 13.8. The molecule has 13 heteroatoms. The molecule has 0 spiro atoms. The summed E-state index contributed by atoms with van der Waals surface area (Å²) >= 11 is -1.77. The molecule has 0 radical (unpaired) electrons. The van der Waals surface area contributed by atoms with Crippen LogP contribution in [0.4, 0.5) is 29.4 Å². The number of benzene rings is 1. The highest BCUT2D eigenvalue weighted by Gasteiger charge is 2.25. The Labute approximate surface area is 202 Å². The third-order valence-electron chi connectivity index (χ3n) is 5.33. The van der Waals surface area contributed by atoms with Gasteiger partial charge >= 0.3 is 12.0 Å². The molecule has 2 amide bonds. The maximum absolute atomic E-state index is 13.8. The molecule has 3 rings (SSSR count). The minimum absolute atomic E-state index is 0.116. The van der Waals surface area contributed by atoms with Crippen LogP contribution in [0.25, 0.3) is 0 Å². The molecule has 2 aromatic rings. The first-order valence-electron chi connectivity index (χ1n) is 10.8. The van der Waals surface area contributed by atoms with Crippen LogP contribution in [0.15, 0.2) is 24.4 Å². The quantitative estimate of drug-likeness (QED) is 0.375. The number of carbonyl (C=O) groups is 2. The summed E-state index contributed by atoms with van der Waals surface area (Å²) in [5.41, 5.74) is 0.205. The predicted molar refractivity (Wildman–Crippen MR) is 124 cm³/mol. The SMILES string of the molecule is CCOC(=O)CCN(c1cnc(NC(=O)N(CC2CCCC2)c2ccc(F)c(F)c2)s1)S(=O)[O-]. The van der Waals surface area contributed by atoms with Gasteiger partial charge in [-0.2, -0.15) is 0 Å². The Hall–Kier alpha value is -2.64. The van der Waals surface area contributed by atoms with Crippen LogP contribution < -0.4 is 14.5 Å². The molecule has 1 unspecified atom stereocenters. The molecular formula is C21H25F2N4O5S2-. The van der Waals surface area contributed by atoms with Crippen molar-refractivity contribution in [2.45, 2.75) is 39.0 Å². The number of halogens is 2. The fourth-order valence-corrected chi connectivity index (χ4v) is 5.16. The van der Waals surface area contributed by atoms with Crippen LogP contribution in [0.5, 0.6) is 0 Å². The number of urea groups is 1. The molecule has 0 aliphatic heterocycles. The van der Waals surface area contributed by atoms with Crippen molar-refractivity contribution in [1.29, 1.82) is 0 Å². The number of anilines is 3. The van der Waals surface area contributed by atoms with Crippen molar-refractivity contribution in [3.8, 4) is 0 Å². The average molecular weight is 516 g/mol. The lowest BCUT2D eigenvalue weighted by Crippen LogP contribution is -2.38. The molecule has 0 bridgehead atoms. The zero-order chi connectivity index (χ0) is 24.7. The number of ether oxygens (including phenoxy) is 1. The van der Waals surface area contributed by atoms with Crippen molar-refractivity contribution < 1.29 is 31.9 Å². The molecule has 1 aromatic carbocycles. The van der Waals surface area contributed by atoms with Gasteiger partial charge in [-0.05, 0) is 37.8 Å². The number of amides is 2. The number of thiazole rings is 1. The van der Waals surface area contributed by atoms with Crippen LogP contribution in [-0.2, 0) is 20.8 Å². The molecule has 1 atom stereocenters. The summed E-state index contributed by atoms with van der Waals surface area (Å²) in [5, 5.41) is 2.92. The summed E-state index contributed by atoms with van der Waals surface area (Å²) in [5.74, 6) is -2.38. The highest BCUT2D eigenvalue weighted by Crippen LogP contribution is 2.31. The zero-order valence-corrected chi connectivity index (χ0v) is 20.1. The molecule has 186 valence electrons. The molecule has 34 heavy (non-hydrogen) atoms. The smallest absolute Gasteiger partial charge is 0.328 e. The lowest BCUT2D eigenvalue weighted by Gasteiger charge is -2.26. The van der Waals surface area contributed by atoms with Crippen molar-refractivity contribution in [2.24, 2.45) is 5.92 Å². The van der Waals surface area contributed by atoms with Gasteiger partial charge in [-0.15, -0.1) is 0 Å². The number of nitrogens with one attached hydrogen (secondary N) is 1. The number of hydrogen-bond donors (Lipinski definition) is 1. The lowest BCUT2D eigenvalue weighted by atomic mass is 10.1. The van der Waals surface area contributed by atoms with Crippen LogP contribution in [-0.4, -0.2) is 45.4 Å². The van der Waals surface area contributed by atoms with E-state index in [0.717, 1.165) is 53.5 Å². The van der Waals surface area contributed by atoms with Gasteiger partial charge in [-0.1, -0.05) is 24.2 Å². The van der Waals surface area contributed by atoms with Crippen LogP contribution in [0.1, 0.15) is 39.0 Å². The van der Waals surface area contributed by atoms with E-state index in [1.807, 2.05) is 0 Å². The topological polar surface area (TPSA) is 115 Å². The van der Waals surface area contributed by atoms with Crippen LogP contribution >= 0.6 is 11.3 Å². The summed E-state index contributed by atoms with van der Waals surface area (Å²) < 4.78 is 56.3. The van der Waals surface area contributed by atoms with Crippen molar-refractivity contribution in [3.05, 3.63) is 36.0 Å². The molecule has 1 aromatic heterocycles. The molecule has 1 saturated carbocycles. The summed E-state index contributed by atoms with van der Waals surface area (Å²) in [4.78, 5) is 30.0. The Kier molecular flexibility index (Phi) is 9.30. The zero-order valence-electron chi connectivity index (χ0n) is 18.5. The molecule has 1 fully saturated rings. The maximum Gasteiger partial charge on any atom is 0.328 e. The summed E-state index contributed by atoms with van der Waals surface area (Å²) in [6.07, 6.45) is 5.06. The van der Waals surface area contributed by atoms with Crippen molar-refractivity contribution in [1.82, 2.24) is 4.98 Å². The summed E-state index contributed by atoms with van der Waals surface area (Å²) in [6.45, 7) is 2.01. The van der Waals surface area contributed by atoms with Gasteiger partial charge in [0.05, 0.1) is 19.2 Å². The van der Waals surface area contributed by atoms with Gasteiger partial charge in [0.25, 0.3) is 0 Å². The first kappa shape index (κ1) is 26.0. The van der Waals surface area contributed by atoms with E-state index in [9.17, 15) is 27.1 Å².